The van der Waals surface area contributed by atoms with E-state index in [1.807, 2.05) is 4.68 Å². The fourth-order valence-electron chi connectivity index (χ4n) is 2.02. The quantitative estimate of drug-likeness (QED) is 0.783. The van der Waals surface area contributed by atoms with E-state index in [2.05, 4.69) is 32.8 Å². The Hall–Kier alpha value is -0.990. The molecule has 3 nitrogen and oxygen atoms in total. The highest BCUT2D eigenvalue weighted by atomic mass is 16.3. The molecule has 0 radical (unpaired) electrons. The van der Waals surface area contributed by atoms with E-state index in [9.17, 15) is 5.11 Å². The number of hydrogen-bond donors (Lipinski definition) is 1. The van der Waals surface area contributed by atoms with Gasteiger partial charge in [-0.2, -0.15) is 5.10 Å². The first-order valence-electron chi connectivity index (χ1n) is 6.94. The Morgan fingerprint density at radius 3 is 2.47 bits per heavy atom. The van der Waals surface area contributed by atoms with Gasteiger partial charge in [-0.15, -0.1) is 0 Å². The van der Waals surface area contributed by atoms with Crippen molar-refractivity contribution >= 4 is 0 Å². The van der Waals surface area contributed by atoms with Crippen LogP contribution in [0.5, 0.6) is 5.75 Å². The molecule has 0 saturated heterocycles. The summed E-state index contributed by atoms with van der Waals surface area (Å²) in [6, 6.07) is 0. The minimum absolute atomic E-state index is 0.341. The minimum atomic E-state index is 0.341. The third kappa shape index (κ3) is 3.24. The molecule has 1 N–H and O–H groups in total. The number of hydrogen-bond acceptors (Lipinski definition) is 2. The second kappa shape index (κ2) is 6.67. The Kier molecular flexibility index (Phi) is 5.52. The van der Waals surface area contributed by atoms with Crippen LogP contribution in [0, 0.1) is 0 Å². The molecule has 1 rings (SSSR count). The molecule has 0 amide bonds. The molecule has 17 heavy (non-hydrogen) atoms. The van der Waals surface area contributed by atoms with Crippen molar-refractivity contribution in [1.29, 1.82) is 0 Å². The van der Waals surface area contributed by atoms with Crippen LogP contribution in [0.25, 0.3) is 0 Å². The Morgan fingerprint density at radius 1 is 1.24 bits per heavy atom. The summed E-state index contributed by atoms with van der Waals surface area (Å²) >= 11 is 0. The van der Waals surface area contributed by atoms with Gasteiger partial charge in [0.25, 0.3) is 0 Å². The maximum absolute atomic E-state index is 10.3. The highest BCUT2D eigenvalue weighted by molar-refractivity contribution is 5.34. The van der Waals surface area contributed by atoms with Crippen LogP contribution >= 0.6 is 0 Å². The molecule has 0 fully saturated rings. The number of rotatable bonds is 7. The Morgan fingerprint density at radius 2 is 1.94 bits per heavy atom. The van der Waals surface area contributed by atoms with Crippen molar-refractivity contribution in [3.8, 4) is 5.75 Å². The first kappa shape index (κ1) is 14.1. The van der Waals surface area contributed by atoms with Gasteiger partial charge in [0.1, 0.15) is 5.69 Å². The number of aromatic hydroxyl groups is 1. The zero-order valence-corrected chi connectivity index (χ0v) is 11.7. The van der Waals surface area contributed by atoms with Crippen molar-refractivity contribution in [2.75, 3.05) is 0 Å². The van der Waals surface area contributed by atoms with Crippen LogP contribution < -0.4 is 0 Å². The van der Waals surface area contributed by atoms with Gasteiger partial charge in [-0.1, -0.05) is 34.1 Å². The molecule has 1 aromatic heterocycles. The average molecular weight is 238 g/mol. The van der Waals surface area contributed by atoms with Gasteiger partial charge in [-0.25, -0.2) is 0 Å². The van der Waals surface area contributed by atoms with Crippen LogP contribution in [0.2, 0.25) is 0 Å². The molecule has 0 aliphatic carbocycles. The molecule has 98 valence electrons. The first-order valence-corrected chi connectivity index (χ1v) is 6.94. The van der Waals surface area contributed by atoms with Gasteiger partial charge in [0.05, 0.1) is 5.69 Å². The number of unbranched alkanes of at least 4 members (excludes halogenated alkanes) is 1. The van der Waals surface area contributed by atoms with E-state index in [-0.39, 0.29) is 0 Å². The molecular weight excluding hydrogens is 212 g/mol. The lowest BCUT2D eigenvalue weighted by Gasteiger charge is -2.05. The average Bonchev–Trinajstić information content (AvgIpc) is 2.63. The zero-order chi connectivity index (χ0) is 12.8. The van der Waals surface area contributed by atoms with Crippen molar-refractivity contribution < 1.29 is 5.11 Å². The van der Waals surface area contributed by atoms with Gasteiger partial charge in [0, 0.05) is 12.5 Å². The number of aromatic nitrogens is 2. The molecule has 1 unspecified atom stereocenters. The van der Waals surface area contributed by atoms with Crippen LogP contribution in [0.15, 0.2) is 0 Å². The van der Waals surface area contributed by atoms with E-state index < -0.39 is 0 Å². The summed E-state index contributed by atoms with van der Waals surface area (Å²) in [6.45, 7) is 9.48. The van der Waals surface area contributed by atoms with E-state index in [1.54, 1.807) is 0 Å². The molecule has 1 atom stereocenters. The lowest BCUT2D eigenvalue weighted by atomic mass is 10.0. The van der Waals surface area contributed by atoms with Crippen LogP contribution in [-0.4, -0.2) is 14.9 Å². The van der Waals surface area contributed by atoms with Gasteiger partial charge < -0.3 is 5.11 Å². The predicted molar refractivity (Wildman–Crippen MR) is 71.5 cm³/mol. The van der Waals surface area contributed by atoms with Crippen LogP contribution in [0.4, 0.5) is 0 Å². The van der Waals surface area contributed by atoms with Crippen LogP contribution in [0.3, 0.4) is 0 Å². The molecule has 3 heteroatoms. The highest BCUT2D eigenvalue weighted by Gasteiger charge is 2.19. The van der Waals surface area contributed by atoms with Crippen molar-refractivity contribution in [2.45, 2.75) is 72.3 Å². The Bertz CT molecular complexity index is 344. The monoisotopic (exact) mass is 238 g/mol. The summed E-state index contributed by atoms with van der Waals surface area (Å²) in [5, 5.41) is 14.9. The SMILES string of the molecule is CCCCc1c(O)c(C(C)CC)nn1CCC. The van der Waals surface area contributed by atoms with Crippen molar-refractivity contribution in [3.63, 3.8) is 0 Å². The van der Waals surface area contributed by atoms with E-state index in [4.69, 9.17) is 0 Å². The molecule has 0 aromatic carbocycles. The van der Waals surface area contributed by atoms with Gasteiger partial charge in [-0.05, 0) is 25.7 Å². The number of nitrogens with zero attached hydrogens (tertiary/aromatic N) is 2. The lowest BCUT2D eigenvalue weighted by molar-refractivity contribution is 0.451. The fourth-order valence-corrected chi connectivity index (χ4v) is 2.02. The summed E-state index contributed by atoms with van der Waals surface area (Å²) in [6.07, 6.45) is 5.27. The molecular formula is C14H26N2O. The van der Waals surface area contributed by atoms with Crippen LogP contribution in [0.1, 0.15) is 70.7 Å². The largest absolute Gasteiger partial charge is 0.504 e. The van der Waals surface area contributed by atoms with Gasteiger partial charge in [-0.3, -0.25) is 4.68 Å². The summed E-state index contributed by atoms with van der Waals surface area (Å²) in [7, 11) is 0. The fraction of sp³-hybridized carbons (Fsp3) is 0.786. The maximum Gasteiger partial charge on any atom is 0.160 e. The second-order valence-corrected chi connectivity index (χ2v) is 4.82. The first-order chi connectivity index (χ1) is 8.15. The summed E-state index contributed by atoms with van der Waals surface area (Å²) in [5.74, 6) is 0.787. The van der Waals surface area contributed by atoms with Gasteiger partial charge in [0.2, 0.25) is 0 Å². The lowest BCUT2D eigenvalue weighted by Crippen LogP contribution is -2.05. The molecule has 1 heterocycles. The minimum Gasteiger partial charge on any atom is -0.504 e. The van der Waals surface area contributed by atoms with Crippen LogP contribution in [-0.2, 0) is 13.0 Å². The van der Waals surface area contributed by atoms with Crippen molar-refractivity contribution in [2.24, 2.45) is 0 Å². The summed E-state index contributed by atoms with van der Waals surface area (Å²) < 4.78 is 2.01. The molecule has 0 saturated carbocycles. The Balaban J connectivity index is 3.01. The molecule has 0 aliphatic heterocycles. The second-order valence-electron chi connectivity index (χ2n) is 4.82. The number of aryl methyl sites for hydroxylation is 1. The van der Waals surface area contributed by atoms with E-state index in [0.717, 1.165) is 50.0 Å². The smallest absolute Gasteiger partial charge is 0.160 e. The van der Waals surface area contributed by atoms with Gasteiger partial charge in [0.15, 0.2) is 5.75 Å². The van der Waals surface area contributed by atoms with Gasteiger partial charge >= 0.3 is 0 Å². The zero-order valence-electron chi connectivity index (χ0n) is 11.7. The van der Waals surface area contributed by atoms with Crippen molar-refractivity contribution in [3.05, 3.63) is 11.4 Å². The predicted octanol–water partition coefficient (Wildman–Crippen LogP) is 3.85. The third-order valence-corrected chi connectivity index (χ3v) is 3.34. The topological polar surface area (TPSA) is 38.1 Å². The van der Waals surface area contributed by atoms with E-state index in [0.29, 0.717) is 11.7 Å². The Labute approximate surface area is 105 Å². The molecule has 1 aromatic rings. The molecule has 0 spiro atoms. The molecule has 0 aliphatic rings. The molecule has 0 bridgehead atoms. The maximum atomic E-state index is 10.3. The van der Waals surface area contributed by atoms with E-state index in [1.165, 1.54) is 0 Å². The normalized spacial score (nSPS) is 12.9. The third-order valence-electron chi connectivity index (χ3n) is 3.34. The summed E-state index contributed by atoms with van der Waals surface area (Å²) in [4.78, 5) is 0. The highest BCUT2D eigenvalue weighted by Crippen LogP contribution is 2.31. The standard InChI is InChI=1S/C14H26N2O/c1-5-8-9-12-14(17)13(11(4)7-3)15-16(12)10-6-2/h11,17H,5-10H2,1-4H3. The summed E-state index contributed by atoms with van der Waals surface area (Å²) in [5.41, 5.74) is 1.91. The van der Waals surface area contributed by atoms with E-state index >= 15 is 0 Å². The van der Waals surface area contributed by atoms with Crippen molar-refractivity contribution in [1.82, 2.24) is 9.78 Å².